The lowest BCUT2D eigenvalue weighted by Gasteiger charge is -2.25. The van der Waals surface area contributed by atoms with E-state index in [1.807, 2.05) is 6.92 Å². The Bertz CT molecular complexity index is 368. The molecule has 3 nitrogen and oxygen atoms in total. The Morgan fingerprint density at radius 2 is 1.75 bits per heavy atom. The predicted octanol–water partition coefficient (Wildman–Crippen LogP) is 4.00. The van der Waals surface area contributed by atoms with Gasteiger partial charge in [-0.25, -0.2) is 4.68 Å². The third kappa shape index (κ3) is 2.70. The fraction of sp³-hybridized carbons (Fsp3) is 0.750. The van der Waals surface area contributed by atoms with Crippen LogP contribution < -0.4 is 0 Å². The number of aromatic nitrogens is 3. The second-order valence-corrected chi connectivity index (χ2v) is 6.93. The van der Waals surface area contributed by atoms with Crippen molar-refractivity contribution in [3.8, 4) is 0 Å². The topological polar surface area (TPSA) is 30.7 Å². The van der Waals surface area contributed by atoms with E-state index in [1.165, 1.54) is 0 Å². The summed E-state index contributed by atoms with van der Waals surface area (Å²) in [5.41, 5.74) is 0.961. The van der Waals surface area contributed by atoms with E-state index in [0.29, 0.717) is 12.2 Å². The minimum absolute atomic E-state index is 0.268. The number of nitrogens with zero attached hydrogens (tertiary/aromatic N) is 3. The zero-order valence-corrected chi connectivity index (χ0v) is 12.4. The highest BCUT2D eigenvalue weighted by atomic mass is 35.6. The van der Waals surface area contributed by atoms with Crippen LogP contribution in [0.2, 0.25) is 0 Å². The molecular formula is C8H10Cl5N3. The van der Waals surface area contributed by atoms with E-state index in [0.717, 1.165) is 6.42 Å². The Hall–Kier alpha value is 0.590. The van der Waals surface area contributed by atoms with Gasteiger partial charge in [-0.2, -0.15) is 0 Å². The van der Waals surface area contributed by atoms with Gasteiger partial charge in [0.05, 0.1) is 5.69 Å². The molecule has 1 heterocycles. The van der Waals surface area contributed by atoms with Crippen LogP contribution in [0.25, 0.3) is 0 Å². The highest BCUT2D eigenvalue weighted by molar-refractivity contribution is 6.75. The van der Waals surface area contributed by atoms with Crippen molar-refractivity contribution in [2.45, 2.75) is 34.9 Å². The summed E-state index contributed by atoms with van der Waals surface area (Å²) in [5, 5.41) is 7.78. The predicted molar refractivity (Wildman–Crippen MR) is 68.7 cm³/mol. The van der Waals surface area contributed by atoms with E-state index in [4.69, 9.17) is 58.0 Å². The average Bonchev–Trinajstić information content (AvgIpc) is 2.47. The van der Waals surface area contributed by atoms with E-state index >= 15 is 0 Å². The lowest BCUT2D eigenvalue weighted by atomic mass is 10.2. The van der Waals surface area contributed by atoms with Crippen molar-refractivity contribution in [2.75, 3.05) is 0 Å². The Balaban J connectivity index is 3.14. The molecule has 0 fully saturated rings. The van der Waals surface area contributed by atoms with Crippen molar-refractivity contribution in [1.82, 2.24) is 15.0 Å². The van der Waals surface area contributed by atoms with Crippen LogP contribution in [0.4, 0.5) is 0 Å². The molecule has 1 rings (SSSR count). The molecule has 0 aliphatic carbocycles. The standard InChI is InChI=1S/C8H10Cl5N3/c1-3-4-16-5(2)6(14-15-16)7(9,10)8(11,12)13/h3-4H2,1-2H3. The lowest BCUT2D eigenvalue weighted by Crippen LogP contribution is -2.29. The molecule has 0 saturated carbocycles. The van der Waals surface area contributed by atoms with Crippen molar-refractivity contribution in [3.05, 3.63) is 11.4 Å². The van der Waals surface area contributed by atoms with Gasteiger partial charge >= 0.3 is 0 Å². The summed E-state index contributed by atoms with van der Waals surface area (Å²) in [6.07, 6.45) is 0.912. The molecule has 0 spiro atoms. The zero-order valence-electron chi connectivity index (χ0n) is 8.65. The molecule has 0 unspecified atom stereocenters. The summed E-state index contributed by atoms with van der Waals surface area (Å²) in [6.45, 7) is 4.51. The molecule has 0 amide bonds. The normalized spacial score (nSPS) is 13.2. The Morgan fingerprint density at radius 3 is 2.19 bits per heavy atom. The van der Waals surface area contributed by atoms with Gasteiger partial charge in [-0.05, 0) is 13.3 Å². The van der Waals surface area contributed by atoms with Crippen LogP contribution in [-0.4, -0.2) is 18.8 Å². The second kappa shape index (κ2) is 5.07. The first-order chi connectivity index (χ1) is 7.21. The highest BCUT2D eigenvalue weighted by Gasteiger charge is 2.50. The van der Waals surface area contributed by atoms with Gasteiger partial charge in [0.15, 0.2) is 0 Å². The summed E-state index contributed by atoms with van der Waals surface area (Å²) in [7, 11) is 0. The van der Waals surface area contributed by atoms with Gasteiger partial charge in [-0.3, -0.25) is 0 Å². The first kappa shape index (κ1) is 14.7. The quantitative estimate of drug-likeness (QED) is 0.787. The largest absolute Gasteiger partial charge is 0.249 e. The van der Waals surface area contributed by atoms with Crippen LogP contribution in [0, 0.1) is 6.92 Å². The zero-order chi connectivity index (χ0) is 12.6. The monoisotopic (exact) mass is 323 g/mol. The Morgan fingerprint density at radius 1 is 1.19 bits per heavy atom. The molecule has 0 aliphatic rings. The highest BCUT2D eigenvalue weighted by Crippen LogP contribution is 2.52. The molecule has 0 aliphatic heterocycles. The maximum atomic E-state index is 6.01. The molecule has 0 radical (unpaired) electrons. The number of aryl methyl sites for hydroxylation is 1. The van der Waals surface area contributed by atoms with E-state index in [2.05, 4.69) is 10.3 Å². The molecule has 1 aromatic rings. The van der Waals surface area contributed by atoms with Crippen molar-refractivity contribution in [1.29, 1.82) is 0 Å². The average molecular weight is 325 g/mol. The number of hydrogen-bond donors (Lipinski definition) is 0. The maximum absolute atomic E-state index is 6.01. The van der Waals surface area contributed by atoms with Gasteiger partial charge in [0.25, 0.3) is 0 Å². The summed E-state index contributed by atoms with van der Waals surface area (Å²) in [4.78, 5) is 0. The van der Waals surface area contributed by atoms with E-state index < -0.39 is 8.13 Å². The number of hydrogen-bond acceptors (Lipinski definition) is 2. The SMILES string of the molecule is CCCn1nnc(C(Cl)(Cl)C(Cl)(Cl)Cl)c1C. The third-order valence-corrected chi connectivity index (χ3v) is 4.43. The molecule has 92 valence electrons. The molecule has 16 heavy (non-hydrogen) atoms. The molecule has 1 aromatic heterocycles. The molecule has 8 heteroatoms. The lowest BCUT2D eigenvalue weighted by molar-refractivity contribution is 0.566. The van der Waals surface area contributed by atoms with Gasteiger partial charge in [0.2, 0.25) is 8.13 Å². The Kier molecular flexibility index (Phi) is 4.64. The number of halogens is 5. The van der Waals surface area contributed by atoms with Gasteiger partial charge < -0.3 is 0 Å². The molecule has 0 aromatic carbocycles. The second-order valence-electron chi connectivity index (χ2n) is 3.32. The molecule has 0 atom stereocenters. The van der Waals surface area contributed by atoms with Crippen LogP contribution in [0.15, 0.2) is 0 Å². The summed E-state index contributed by atoms with van der Waals surface area (Å²) >= 11 is 29.1. The molecule has 0 N–H and O–H groups in total. The number of rotatable bonds is 3. The summed E-state index contributed by atoms with van der Waals surface area (Å²) in [6, 6.07) is 0. The first-order valence-electron chi connectivity index (χ1n) is 4.57. The Labute approximate surface area is 119 Å². The van der Waals surface area contributed by atoms with Gasteiger partial charge in [0, 0.05) is 6.54 Å². The van der Waals surface area contributed by atoms with Crippen molar-refractivity contribution >= 4 is 58.0 Å². The maximum Gasteiger partial charge on any atom is 0.228 e. The minimum Gasteiger partial charge on any atom is -0.249 e. The molecule has 0 bridgehead atoms. The van der Waals surface area contributed by atoms with Crippen molar-refractivity contribution < 1.29 is 0 Å². The molecular weight excluding hydrogens is 315 g/mol. The smallest absolute Gasteiger partial charge is 0.228 e. The van der Waals surface area contributed by atoms with Crippen LogP contribution in [0.5, 0.6) is 0 Å². The fourth-order valence-corrected chi connectivity index (χ4v) is 1.83. The van der Waals surface area contributed by atoms with E-state index in [-0.39, 0.29) is 5.69 Å². The van der Waals surface area contributed by atoms with Crippen LogP contribution >= 0.6 is 58.0 Å². The van der Waals surface area contributed by atoms with Crippen LogP contribution in [-0.2, 0) is 10.9 Å². The summed E-state index contributed by atoms with van der Waals surface area (Å²) < 4.78 is -1.91. The summed E-state index contributed by atoms with van der Waals surface area (Å²) in [5.74, 6) is 0. The van der Waals surface area contributed by atoms with Crippen molar-refractivity contribution in [2.24, 2.45) is 0 Å². The van der Waals surface area contributed by atoms with Crippen LogP contribution in [0.1, 0.15) is 24.7 Å². The van der Waals surface area contributed by atoms with E-state index in [1.54, 1.807) is 11.6 Å². The minimum atomic E-state index is -1.87. The van der Waals surface area contributed by atoms with Gasteiger partial charge in [-0.15, -0.1) is 5.10 Å². The number of alkyl halides is 5. The fourth-order valence-electron chi connectivity index (χ4n) is 1.21. The third-order valence-electron chi connectivity index (χ3n) is 2.07. The van der Waals surface area contributed by atoms with Gasteiger partial charge in [0.1, 0.15) is 5.69 Å². The first-order valence-corrected chi connectivity index (χ1v) is 6.46. The van der Waals surface area contributed by atoms with Crippen molar-refractivity contribution in [3.63, 3.8) is 0 Å². The van der Waals surface area contributed by atoms with E-state index in [9.17, 15) is 0 Å². The van der Waals surface area contributed by atoms with Crippen LogP contribution in [0.3, 0.4) is 0 Å². The van der Waals surface area contributed by atoms with Gasteiger partial charge in [-0.1, -0.05) is 70.1 Å². The molecule has 0 saturated heterocycles.